The molecule has 1 saturated heterocycles. The number of likely N-dealkylation sites (tertiary alicyclic amines) is 1. The number of carbonyl (C=O) groups excluding carboxylic acids is 1. The second kappa shape index (κ2) is 6.26. The molecule has 0 unspecified atom stereocenters. The van der Waals surface area contributed by atoms with Gasteiger partial charge in [-0.15, -0.1) is 0 Å². The van der Waals surface area contributed by atoms with Gasteiger partial charge in [0, 0.05) is 26.4 Å². The summed E-state index contributed by atoms with van der Waals surface area (Å²) in [5.74, 6) is -4.97. The third-order valence-electron chi connectivity index (χ3n) is 3.87. The lowest BCUT2D eigenvalue weighted by atomic mass is 10.1. The highest BCUT2D eigenvalue weighted by Crippen LogP contribution is 2.28. The molecular weight excluding hydrogens is 323 g/mol. The van der Waals surface area contributed by atoms with E-state index in [0.29, 0.717) is 32.0 Å². The lowest BCUT2D eigenvalue weighted by molar-refractivity contribution is -0.133. The fraction of sp³-hybridized carbons (Fsp3) is 0.438. The fourth-order valence-electron chi connectivity index (χ4n) is 2.60. The summed E-state index contributed by atoms with van der Waals surface area (Å²) < 4.78 is 45.0. The summed E-state index contributed by atoms with van der Waals surface area (Å²) in [5.41, 5.74) is 0.596. The van der Waals surface area contributed by atoms with Crippen LogP contribution < -0.4 is 0 Å². The third-order valence-corrected chi connectivity index (χ3v) is 3.87. The van der Waals surface area contributed by atoms with Crippen molar-refractivity contribution in [3.05, 3.63) is 35.5 Å². The fourth-order valence-corrected chi connectivity index (χ4v) is 2.60. The molecule has 24 heavy (non-hydrogen) atoms. The van der Waals surface area contributed by atoms with Crippen molar-refractivity contribution in [3.63, 3.8) is 0 Å². The standard InChI is InChI=1S/C16H16F3N3O2/c1-16(18,19)15-20-14(21-24-15)11-6-5-10(8-12(11)17)9-22-7-3-2-4-13(22)23/h5-6,8H,2-4,7,9H2,1H3. The molecule has 2 heterocycles. The van der Waals surface area contributed by atoms with Gasteiger partial charge < -0.3 is 9.42 Å². The molecule has 1 aliphatic rings. The zero-order valence-corrected chi connectivity index (χ0v) is 13.1. The quantitative estimate of drug-likeness (QED) is 0.855. The van der Waals surface area contributed by atoms with Crippen LogP contribution >= 0.6 is 0 Å². The molecule has 2 aromatic rings. The van der Waals surface area contributed by atoms with Crippen molar-refractivity contribution in [2.45, 2.75) is 38.7 Å². The highest BCUT2D eigenvalue weighted by atomic mass is 19.3. The molecule has 0 radical (unpaired) electrons. The van der Waals surface area contributed by atoms with Crippen LogP contribution in [-0.4, -0.2) is 27.5 Å². The Morgan fingerprint density at radius 1 is 1.33 bits per heavy atom. The van der Waals surface area contributed by atoms with Gasteiger partial charge >= 0.3 is 5.92 Å². The normalized spacial score (nSPS) is 15.8. The number of rotatable bonds is 4. The number of nitrogens with zero attached hydrogens (tertiary/aromatic N) is 3. The first kappa shape index (κ1) is 16.5. The Hall–Kier alpha value is -2.38. The minimum absolute atomic E-state index is 0.0250. The highest BCUT2D eigenvalue weighted by molar-refractivity contribution is 5.76. The summed E-state index contributed by atoms with van der Waals surface area (Å²) >= 11 is 0. The molecule has 0 N–H and O–H groups in total. The number of hydrogen-bond donors (Lipinski definition) is 0. The molecule has 1 aliphatic heterocycles. The zero-order valence-electron chi connectivity index (χ0n) is 13.1. The molecule has 0 spiro atoms. The number of benzene rings is 1. The maximum absolute atomic E-state index is 14.3. The Labute approximate surface area is 136 Å². The molecule has 0 saturated carbocycles. The summed E-state index contributed by atoms with van der Waals surface area (Å²) in [6.45, 7) is 1.60. The molecule has 0 aliphatic carbocycles. The smallest absolute Gasteiger partial charge is 0.322 e. The first-order chi connectivity index (χ1) is 11.3. The van der Waals surface area contributed by atoms with Crippen molar-refractivity contribution >= 4 is 5.91 Å². The first-order valence-electron chi connectivity index (χ1n) is 7.63. The van der Waals surface area contributed by atoms with Crippen LogP contribution in [-0.2, 0) is 17.3 Å². The highest BCUT2D eigenvalue weighted by Gasteiger charge is 2.32. The molecule has 1 amide bonds. The summed E-state index contributed by atoms with van der Waals surface area (Å²) in [6, 6.07) is 4.29. The maximum atomic E-state index is 14.3. The van der Waals surface area contributed by atoms with E-state index in [2.05, 4.69) is 14.7 Å². The van der Waals surface area contributed by atoms with Crippen LogP contribution in [0.3, 0.4) is 0 Å². The summed E-state index contributed by atoms with van der Waals surface area (Å²) in [4.78, 5) is 17.0. The van der Waals surface area contributed by atoms with Crippen LogP contribution in [0, 0.1) is 5.82 Å². The monoisotopic (exact) mass is 339 g/mol. The van der Waals surface area contributed by atoms with Gasteiger partial charge in [0.15, 0.2) is 0 Å². The Morgan fingerprint density at radius 3 is 2.75 bits per heavy atom. The van der Waals surface area contributed by atoms with Crippen molar-refractivity contribution in [3.8, 4) is 11.4 Å². The van der Waals surface area contributed by atoms with Crippen molar-refractivity contribution in [1.82, 2.24) is 15.0 Å². The maximum Gasteiger partial charge on any atom is 0.322 e. The van der Waals surface area contributed by atoms with E-state index in [4.69, 9.17) is 0 Å². The van der Waals surface area contributed by atoms with E-state index in [1.54, 1.807) is 11.0 Å². The molecule has 5 nitrogen and oxygen atoms in total. The van der Waals surface area contributed by atoms with E-state index in [1.165, 1.54) is 12.1 Å². The molecule has 1 fully saturated rings. The predicted octanol–water partition coefficient (Wildman–Crippen LogP) is 3.50. The summed E-state index contributed by atoms with van der Waals surface area (Å²) in [7, 11) is 0. The van der Waals surface area contributed by atoms with Crippen LogP contribution in [0.5, 0.6) is 0 Å². The number of amides is 1. The van der Waals surface area contributed by atoms with Crippen LogP contribution in [0.2, 0.25) is 0 Å². The number of piperidine rings is 1. The van der Waals surface area contributed by atoms with E-state index < -0.39 is 17.6 Å². The van der Waals surface area contributed by atoms with Gasteiger partial charge in [0.25, 0.3) is 5.89 Å². The number of hydrogen-bond acceptors (Lipinski definition) is 4. The number of halogens is 3. The number of aromatic nitrogens is 2. The Balaban J connectivity index is 1.79. The summed E-state index contributed by atoms with van der Waals surface area (Å²) in [6.07, 6.45) is 2.32. The predicted molar refractivity (Wildman–Crippen MR) is 78.5 cm³/mol. The lowest BCUT2D eigenvalue weighted by Crippen LogP contribution is -2.34. The van der Waals surface area contributed by atoms with Gasteiger partial charge in [-0.05, 0) is 30.5 Å². The van der Waals surface area contributed by atoms with E-state index in [1.807, 2.05) is 0 Å². The molecule has 1 aromatic heterocycles. The Morgan fingerprint density at radius 2 is 2.12 bits per heavy atom. The Kier molecular flexibility index (Phi) is 4.29. The largest absolute Gasteiger partial charge is 0.338 e. The van der Waals surface area contributed by atoms with Crippen LogP contribution in [0.4, 0.5) is 13.2 Å². The van der Waals surface area contributed by atoms with Gasteiger partial charge in [-0.25, -0.2) is 4.39 Å². The SMILES string of the molecule is CC(F)(F)c1nc(-c2ccc(CN3CCCCC3=O)cc2F)no1. The third kappa shape index (κ3) is 3.42. The summed E-state index contributed by atoms with van der Waals surface area (Å²) in [5, 5.41) is 3.40. The average molecular weight is 339 g/mol. The van der Waals surface area contributed by atoms with Gasteiger partial charge in [0.05, 0.1) is 5.56 Å². The van der Waals surface area contributed by atoms with Crippen molar-refractivity contribution < 1.29 is 22.5 Å². The van der Waals surface area contributed by atoms with Crippen molar-refractivity contribution in [2.24, 2.45) is 0 Å². The van der Waals surface area contributed by atoms with Crippen molar-refractivity contribution in [2.75, 3.05) is 6.54 Å². The van der Waals surface area contributed by atoms with Gasteiger partial charge in [-0.2, -0.15) is 13.8 Å². The van der Waals surface area contributed by atoms with E-state index in [-0.39, 0.29) is 17.3 Å². The molecule has 3 rings (SSSR count). The topological polar surface area (TPSA) is 59.2 Å². The van der Waals surface area contributed by atoms with E-state index in [9.17, 15) is 18.0 Å². The van der Waals surface area contributed by atoms with Gasteiger partial charge in [0.2, 0.25) is 11.7 Å². The molecule has 0 atom stereocenters. The van der Waals surface area contributed by atoms with Crippen LogP contribution in [0.25, 0.3) is 11.4 Å². The molecular formula is C16H16F3N3O2. The van der Waals surface area contributed by atoms with Crippen molar-refractivity contribution in [1.29, 1.82) is 0 Å². The van der Waals surface area contributed by atoms with Crippen LogP contribution in [0.15, 0.2) is 22.7 Å². The van der Waals surface area contributed by atoms with Gasteiger partial charge in [-0.1, -0.05) is 11.2 Å². The zero-order chi connectivity index (χ0) is 17.3. The van der Waals surface area contributed by atoms with Gasteiger partial charge in [-0.3, -0.25) is 4.79 Å². The molecule has 1 aromatic carbocycles. The van der Waals surface area contributed by atoms with Gasteiger partial charge in [0.1, 0.15) is 5.82 Å². The first-order valence-corrected chi connectivity index (χ1v) is 7.63. The van der Waals surface area contributed by atoms with Crippen LogP contribution in [0.1, 0.15) is 37.6 Å². The minimum atomic E-state index is -3.28. The second-order valence-electron chi connectivity index (χ2n) is 5.90. The lowest BCUT2D eigenvalue weighted by Gasteiger charge is -2.26. The number of alkyl halides is 2. The number of carbonyl (C=O) groups is 1. The Bertz CT molecular complexity index is 755. The average Bonchev–Trinajstić information content (AvgIpc) is 2.99. The molecule has 8 heteroatoms. The minimum Gasteiger partial charge on any atom is -0.338 e. The second-order valence-corrected chi connectivity index (χ2v) is 5.90. The van der Waals surface area contributed by atoms with E-state index in [0.717, 1.165) is 12.8 Å². The van der Waals surface area contributed by atoms with E-state index >= 15 is 0 Å². The molecule has 0 bridgehead atoms. The molecule has 128 valence electrons.